The van der Waals surface area contributed by atoms with Crippen molar-refractivity contribution < 1.29 is 4.74 Å². The maximum atomic E-state index is 5.21. The lowest BCUT2D eigenvalue weighted by molar-refractivity contribution is 0.240. The van der Waals surface area contributed by atoms with E-state index in [-0.39, 0.29) is 0 Å². The summed E-state index contributed by atoms with van der Waals surface area (Å²) in [5.74, 6) is 0. The lowest BCUT2D eigenvalue weighted by Gasteiger charge is -2.00. The van der Waals surface area contributed by atoms with Crippen LogP contribution in [-0.4, -0.2) is 6.61 Å². The molecule has 0 aromatic carbocycles. The first-order chi connectivity index (χ1) is 5.91. The van der Waals surface area contributed by atoms with E-state index in [0.29, 0.717) is 0 Å². The average Bonchev–Trinajstić information content (AvgIpc) is 2.10. The molecule has 1 nitrogen and oxygen atoms in total. The number of allylic oxidation sites excluding steroid dienone is 1. The predicted molar refractivity (Wildman–Crippen MR) is 54.1 cm³/mol. The number of rotatable bonds is 8. The van der Waals surface area contributed by atoms with E-state index >= 15 is 0 Å². The van der Waals surface area contributed by atoms with Crippen molar-refractivity contribution in [1.82, 2.24) is 0 Å². The zero-order chi connectivity index (χ0) is 9.07. The molecule has 12 heavy (non-hydrogen) atoms. The van der Waals surface area contributed by atoms with Crippen molar-refractivity contribution in [2.24, 2.45) is 0 Å². The fraction of sp³-hybridized carbons (Fsp3) is 0.818. The van der Waals surface area contributed by atoms with Gasteiger partial charge in [0.05, 0.1) is 12.9 Å². The zero-order valence-electron chi connectivity index (χ0n) is 8.51. The SMILES string of the molecule is C/C=C/OCCCCCCCC. The smallest absolute Gasteiger partial charge is 0.0873 e. The summed E-state index contributed by atoms with van der Waals surface area (Å²) in [6.45, 7) is 5.10. The Balaban J connectivity index is 2.81. The van der Waals surface area contributed by atoms with Crippen LogP contribution in [0.3, 0.4) is 0 Å². The summed E-state index contributed by atoms with van der Waals surface area (Å²) in [7, 11) is 0. The van der Waals surface area contributed by atoms with Gasteiger partial charge in [0.15, 0.2) is 0 Å². The second-order valence-corrected chi connectivity index (χ2v) is 3.11. The summed E-state index contributed by atoms with van der Waals surface area (Å²) in [5, 5.41) is 0. The highest BCUT2D eigenvalue weighted by atomic mass is 16.5. The largest absolute Gasteiger partial charge is 0.502 e. The van der Waals surface area contributed by atoms with Gasteiger partial charge in [-0.25, -0.2) is 0 Å². The third kappa shape index (κ3) is 9.54. The van der Waals surface area contributed by atoms with Crippen molar-refractivity contribution in [2.75, 3.05) is 6.61 Å². The molecule has 0 amide bonds. The van der Waals surface area contributed by atoms with Crippen LogP contribution in [0.4, 0.5) is 0 Å². The van der Waals surface area contributed by atoms with Gasteiger partial charge in [-0.2, -0.15) is 0 Å². The highest BCUT2D eigenvalue weighted by Gasteiger charge is 1.88. The summed E-state index contributed by atoms with van der Waals surface area (Å²) in [4.78, 5) is 0. The molecular weight excluding hydrogens is 148 g/mol. The van der Waals surface area contributed by atoms with E-state index in [1.807, 2.05) is 13.0 Å². The molecule has 0 atom stereocenters. The van der Waals surface area contributed by atoms with Crippen molar-refractivity contribution in [2.45, 2.75) is 52.4 Å². The summed E-state index contributed by atoms with van der Waals surface area (Å²) < 4.78 is 5.21. The lowest BCUT2D eigenvalue weighted by atomic mass is 10.1. The molecule has 1 heteroatoms. The van der Waals surface area contributed by atoms with Gasteiger partial charge in [-0.3, -0.25) is 0 Å². The average molecular weight is 170 g/mol. The summed E-state index contributed by atoms with van der Waals surface area (Å²) in [6, 6.07) is 0. The van der Waals surface area contributed by atoms with E-state index in [1.165, 1.54) is 38.5 Å². The Bertz CT molecular complexity index is 97.2. The number of ether oxygens (including phenoxy) is 1. The molecule has 0 aromatic heterocycles. The summed E-state index contributed by atoms with van der Waals surface area (Å²) in [6.07, 6.45) is 11.7. The Morgan fingerprint density at radius 2 is 1.67 bits per heavy atom. The van der Waals surface area contributed by atoms with Gasteiger partial charge in [0, 0.05) is 0 Å². The standard InChI is InChI=1S/C11H22O/c1-3-5-6-7-8-9-11-12-10-4-2/h4,10H,3,5-9,11H2,1-2H3/b10-4+. The van der Waals surface area contributed by atoms with Crippen molar-refractivity contribution >= 4 is 0 Å². The molecule has 0 rings (SSSR count). The third-order valence-corrected chi connectivity index (χ3v) is 1.85. The van der Waals surface area contributed by atoms with Gasteiger partial charge in [0.1, 0.15) is 0 Å². The van der Waals surface area contributed by atoms with Crippen LogP contribution in [0.25, 0.3) is 0 Å². The fourth-order valence-electron chi connectivity index (χ4n) is 1.13. The third-order valence-electron chi connectivity index (χ3n) is 1.85. The van der Waals surface area contributed by atoms with Crippen LogP contribution in [-0.2, 0) is 4.74 Å². The first kappa shape index (κ1) is 11.5. The monoisotopic (exact) mass is 170 g/mol. The molecule has 0 fully saturated rings. The first-order valence-corrected chi connectivity index (χ1v) is 5.14. The van der Waals surface area contributed by atoms with Crippen LogP contribution in [0.15, 0.2) is 12.3 Å². The Kier molecular flexibility index (Phi) is 10.1. The van der Waals surface area contributed by atoms with Crippen LogP contribution in [0.2, 0.25) is 0 Å². The van der Waals surface area contributed by atoms with E-state index in [2.05, 4.69) is 6.92 Å². The highest BCUT2D eigenvalue weighted by Crippen LogP contribution is 2.04. The minimum atomic E-state index is 0.885. The highest BCUT2D eigenvalue weighted by molar-refractivity contribution is 4.64. The van der Waals surface area contributed by atoms with Crippen molar-refractivity contribution in [3.8, 4) is 0 Å². The molecule has 0 radical (unpaired) electrons. The minimum Gasteiger partial charge on any atom is -0.502 e. The van der Waals surface area contributed by atoms with Crippen molar-refractivity contribution in [1.29, 1.82) is 0 Å². The van der Waals surface area contributed by atoms with Gasteiger partial charge < -0.3 is 4.74 Å². The minimum absolute atomic E-state index is 0.885. The van der Waals surface area contributed by atoms with Crippen molar-refractivity contribution in [3.05, 3.63) is 12.3 Å². The van der Waals surface area contributed by atoms with E-state index in [1.54, 1.807) is 6.26 Å². The second kappa shape index (κ2) is 10.5. The maximum Gasteiger partial charge on any atom is 0.0873 e. The quantitative estimate of drug-likeness (QED) is 0.396. The number of hydrogen-bond donors (Lipinski definition) is 0. The summed E-state index contributed by atoms with van der Waals surface area (Å²) in [5.41, 5.74) is 0. The van der Waals surface area contributed by atoms with E-state index in [0.717, 1.165) is 6.61 Å². The predicted octanol–water partition coefficient (Wildman–Crippen LogP) is 3.90. The topological polar surface area (TPSA) is 9.23 Å². The Hall–Kier alpha value is -0.460. The van der Waals surface area contributed by atoms with Gasteiger partial charge in [-0.15, -0.1) is 0 Å². The van der Waals surface area contributed by atoms with Crippen LogP contribution < -0.4 is 0 Å². The molecule has 0 aromatic rings. The second-order valence-electron chi connectivity index (χ2n) is 3.11. The van der Waals surface area contributed by atoms with Crippen LogP contribution in [0, 0.1) is 0 Å². The van der Waals surface area contributed by atoms with E-state index < -0.39 is 0 Å². The normalized spacial score (nSPS) is 10.8. The number of unbranched alkanes of at least 4 members (excludes halogenated alkanes) is 5. The molecule has 72 valence electrons. The molecule has 0 N–H and O–H groups in total. The lowest BCUT2D eigenvalue weighted by Crippen LogP contribution is -1.87. The van der Waals surface area contributed by atoms with Crippen LogP contribution in [0.5, 0.6) is 0 Å². The Labute approximate surface area is 76.8 Å². The van der Waals surface area contributed by atoms with Gasteiger partial charge in [-0.1, -0.05) is 45.1 Å². The van der Waals surface area contributed by atoms with Crippen LogP contribution >= 0.6 is 0 Å². The molecule has 0 aliphatic rings. The van der Waals surface area contributed by atoms with Gasteiger partial charge >= 0.3 is 0 Å². The van der Waals surface area contributed by atoms with Gasteiger partial charge in [0.25, 0.3) is 0 Å². The van der Waals surface area contributed by atoms with Gasteiger partial charge in [0.2, 0.25) is 0 Å². The van der Waals surface area contributed by atoms with Crippen LogP contribution in [0.1, 0.15) is 52.4 Å². The molecule has 0 aliphatic heterocycles. The molecule has 0 saturated carbocycles. The van der Waals surface area contributed by atoms with E-state index in [4.69, 9.17) is 4.74 Å². The zero-order valence-corrected chi connectivity index (χ0v) is 8.51. The summed E-state index contributed by atoms with van der Waals surface area (Å²) >= 11 is 0. The molecule has 0 unspecified atom stereocenters. The Morgan fingerprint density at radius 3 is 2.33 bits per heavy atom. The molecule has 0 bridgehead atoms. The molecule has 0 spiro atoms. The molecular formula is C11H22O. The van der Waals surface area contributed by atoms with Crippen molar-refractivity contribution in [3.63, 3.8) is 0 Å². The molecule has 0 aliphatic carbocycles. The maximum absolute atomic E-state index is 5.21. The van der Waals surface area contributed by atoms with Gasteiger partial charge in [-0.05, 0) is 13.3 Å². The molecule has 0 saturated heterocycles. The van der Waals surface area contributed by atoms with E-state index in [9.17, 15) is 0 Å². The number of hydrogen-bond acceptors (Lipinski definition) is 1. The fourth-order valence-corrected chi connectivity index (χ4v) is 1.13. The molecule has 0 heterocycles. The Morgan fingerprint density at radius 1 is 1.00 bits per heavy atom. The first-order valence-electron chi connectivity index (χ1n) is 5.14.